The molecule has 0 aliphatic carbocycles. The van der Waals surface area contributed by atoms with Crippen molar-refractivity contribution in [2.24, 2.45) is 5.92 Å². The van der Waals surface area contributed by atoms with E-state index in [9.17, 15) is 4.79 Å². The molecule has 0 fully saturated rings. The van der Waals surface area contributed by atoms with Crippen LogP contribution in [0.3, 0.4) is 0 Å². The summed E-state index contributed by atoms with van der Waals surface area (Å²) in [6.07, 6.45) is 5.92. The first kappa shape index (κ1) is 16.9. The van der Waals surface area contributed by atoms with Gasteiger partial charge in [-0.25, -0.2) is 4.79 Å². The Hall–Kier alpha value is -0.200. The molecule has 19 heavy (non-hydrogen) atoms. The maximum atomic E-state index is 11.7. The second-order valence-corrected chi connectivity index (χ2v) is 9.01. The number of allylic oxidation sites excluding steroid dienone is 2. The SMILES string of the molecule is C/C=C\C1SS(NC(=O)OC(C)(C)C)=CC1/C=C/Br. The molecule has 1 N–H and O–H groups in total. The summed E-state index contributed by atoms with van der Waals surface area (Å²) in [5, 5.41) is 2.51. The summed E-state index contributed by atoms with van der Waals surface area (Å²) < 4.78 is 8.17. The lowest BCUT2D eigenvalue weighted by molar-refractivity contribution is 0.0575. The van der Waals surface area contributed by atoms with E-state index in [1.54, 1.807) is 10.8 Å². The molecule has 1 rings (SSSR count). The molecule has 108 valence electrons. The molecular formula is C13H20BrNO2S2. The van der Waals surface area contributed by atoms with Crippen molar-refractivity contribution in [1.82, 2.24) is 4.72 Å². The maximum absolute atomic E-state index is 11.7. The highest BCUT2D eigenvalue weighted by Gasteiger charge is 2.26. The standard InChI is InChI=1S/C13H20BrNO2S2/c1-5-6-11-10(7-8-14)9-19(18-11)15-12(16)17-13(2,3)4/h5-11H,1-4H3,(H,15,16)/b6-5-,8-7+. The lowest BCUT2D eigenvalue weighted by Crippen LogP contribution is -2.29. The summed E-state index contributed by atoms with van der Waals surface area (Å²) in [6, 6.07) is 0. The second-order valence-electron chi connectivity index (χ2n) is 5.02. The lowest BCUT2D eigenvalue weighted by atomic mass is 10.1. The number of rotatable bonds is 3. The smallest absolute Gasteiger partial charge is 0.417 e. The van der Waals surface area contributed by atoms with Crippen molar-refractivity contribution in [1.29, 1.82) is 0 Å². The minimum atomic E-state index is -0.463. The van der Waals surface area contributed by atoms with Gasteiger partial charge in [0.25, 0.3) is 0 Å². The van der Waals surface area contributed by atoms with Crippen molar-refractivity contribution in [2.75, 3.05) is 0 Å². The van der Waals surface area contributed by atoms with Gasteiger partial charge < -0.3 is 4.74 Å². The van der Waals surface area contributed by atoms with Crippen LogP contribution in [0.25, 0.3) is 0 Å². The van der Waals surface area contributed by atoms with Gasteiger partial charge in [0.15, 0.2) is 0 Å². The van der Waals surface area contributed by atoms with Crippen LogP contribution in [0.2, 0.25) is 0 Å². The Balaban J connectivity index is 2.65. The Labute approximate surface area is 129 Å². The predicted octanol–water partition coefficient (Wildman–Crippen LogP) is 4.63. The van der Waals surface area contributed by atoms with E-state index >= 15 is 0 Å². The third-order valence-corrected chi connectivity index (χ3v) is 6.14. The average molecular weight is 366 g/mol. The predicted molar refractivity (Wildman–Crippen MR) is 90.8 cm³/mol. The first-order chi connectivity index (χ1) is 8.85. The van der Waals surface area contributed by atoms with Crippen LogP contribution in [0.15, 0.2) is 23.2 Å². The Morgan fingerprint density at radius 3 is 2.68 bits per heavy atom. The summed E-state index contributed by atoms with van der Waals surface area (Å²) in [7, 11) is 1.43. The van der Waals surface area contributed by atoms with Crippen LogP contribution in [0.4, 0.5) is 4.79 Å². The molecular weight excluding hydrogens is 346 g/mol. The van der Waals surface area contributed by atoms with Crippen molar-refractivity contribution in [3.05, 3.63) is 23.2 Å². The molecule has 0 spiro atoms. The molecule has 0 aromatic rings. The van der Waals surface area contributed by atoms with E-state index in [1.807, 2.05) is 38.8 Å². The summed E-state index contributed by atoms with van der Waals surface area (Å²) in [5.74, 6) is 0.318. The zero-order chi connectivity index (χ0) is 14.5. The number of ether oxygens (including phenoxy) is 1. The van der Waals surface area contributed by atoms with Crippen LogP contribution in [-0.2, 0) is 4.74 Å². The number of hydrogen-bond acceptors (Lipinski definition) is 3. The monoisotopic (exact) mass is 365 g/mol. The van der Waals surface area contributed by atoms with E-state index in [0.29, 0.717) is 11.2 Å². The highest BCUT2D eigenvalue weighted by atomic mass is 79.9. The van der Waals surface area contributed by atoms with Gasteiger partial charge in [-0.05, 0) is 47.7 Å². The Kier molecular flexibility index (Phi) is 6.69. The first-order valence-electron chi connectivity index (χ1n) is 6.00. The van der Waals surface area contributed by atoms with Crippen LogP contribution in [0.1, 0.15) is 27.7 Å². The summed E-state index contributed by atoms with van der Waals surface area (Å²) in [5.41, 5.74) is -0.463. The molecule has 0 radical (unpaired) electrons. The van der Waals surface area contributed by atoms with E-state index in [1.165, 1.54) is 0 Å². The molecule has 0 aromatic carbocycles. The molecule has 1 amide bonds. The average Bonchev–Trinajstić information content (AvgIpc) is 2.58. The highest BCUT2D eigenvalue weighted by molar-refractivity contribution is 9.11. The van der Waals surface area contributed by atoms with Gasteiger partial charge in [0.05, 0.1) is 0 Å². The summed E-state index contributed by atoms with van der Waals surface area (Å²) in [4.78, 5) is 13.6. The van der Waals surface area contributed by atoms with Crippen molar-refractivity contribution < 1.29 is 9.53 Å². The van der Waals surface area contributed by atoms with Crippen molar-refractivity contribution in [2.45, 2.75) is 38.5 Å². The Morgan fingerprint density at radius 2 is 2.16 bits per heavy atom. The van der Waals surface area contributed by atoms with Gasteiger partial charge in [-0.1, -0.05) is 45.0 Å². The molecule has 1 heterocycles. The van der Waals surface area contributed by atoms with Crippen LogP contribution in [-0.4, -0.2) is 22.3 Å². The largest absolute Gasteiger partial charge is 0.443 e. The minimum absolute atomic E-state index is 0.311. The Morgan fingerprint density at radius 1 is 1.47 bits per heavy atom. The molecule has 0 saturated carbocycles. The molecule has 0 aromatic heterocycles. The minimum Gasteiger partial charge on any atom is -0.443 e. The van der Waals surface area contributed by atoms with E-state index in [2.05, 4.69) is 38.2 Å². The van der Waals surface area contributed by atoms with E-state index in [0.717, 1.165) is 0 Å². The highest BCUT2D eigenvalue weighted by Crippen LogP contribution is 2.43. The van der Waals surface area contributed by atoms with E-state index in [4.69, 9.17) is 4.74 Å². The van der Waals surface area contributed by atoms with Crippen LogP contribution in [0, 0.1) is 5.92 Å². The number of nitrogens with one attached hydrogen (secondary N) is 1. The first-order valence-corrected chi connectivity index (χ1v) is 9.60. The van der Waals surface area contributed by atoms with E-state index in [-0.39, 0.29) is 15.8 Å². The summed E-state index contributed by atoms with van der Waals surface area (Å²) in [6.45, 7) is 7.59. The number of carbonyl (C=O) groups is 1. The fourth-order valence-corrected chi connectivity index (χ4v) is 5.83. The molecule has 3 atom stereocenters. The molecule has 1 aliphatic heterocycles. The normalized spacial score (nSPS) is 27.7. The fourth-order valence-electron chi connectivity index (χ4n) is 1.46. The van der Waals surface area contributed by atoms with Gasteiger partial charge in [-0.3, -0.25) is 4.72 Å². The molecule has 3 nitrogen and oxygen atoms in total. The molecule has 1 aliphatic rings. The second kappa shape index (κ2) is 7.55. The quantitative estimate of drug-likeness (QED) is 0.450. The van der Waals surface area contributed by atoms with Gasteiger partial charge in [0.2, 0.25) is 0 Å². The van der Waals surface area contributed by atoms with Gasteiger partial charge in [-0.15, -0.1) is 0 Å². The molecule has 6 heteroatoms. The third-order valence-electron chi connectivity index (χ3n) is 2.13. The van der Waals surface area contributed by atoms with Crippen molar-refractivity contribution in [3.63, 3.8) is 0 Å². The molecule has 0 saturated heterocycles. The molecule has 0 bridgehead atoms. The van der Waals surface area contributed by atoms with Crippen molar-refractivity contribution >= 4 is 47.9 Å². The van der Waals surface area contributed by atoms with Crippen molar-refractivity contribution in [3.8, 4) is 0 Å². The van der Waals surface area contributed by atoms with Gasteiger partial charge in [-0.2, -0.15) is 0 Å². The van der Waals surface area contributed by atoms with Gasteiger partial charge in [0.1, 0.15) is 5.60 Å². The topological polar surface area (TPSA) is 38.3 Å². The zero-order valence-electron chi connectivity index (χ0n) is 11.6. The van der Waals surface area contributed by atoms with Gasteiger partial charge in [0, 0.05) is 11.2 Å². The Bertz CT molecular complexity index is 413. The lowest BCUT2D eigenvalue weighted by Gasteiger charge is -2.20. The van der Waals surface area contributed by atoms with E-state index < -0.39 is 5.60 Å². The summed E-state index contributed by atoms with van der Waals surface area (Å²) >= 11 is 3.31. The van der Waals surface area contributed by atoms with Crippen LogP contribution >= 0.6 is 36.4 Å². The third kappa shape index (κ3) is 6.19. The molecule has 3 unspecified atom stereocenters. The van der Waals surface area contributed by atoms with Crippen LogP contribution in [0.5, 0.6) is 0 Å². The number of halogens is 1. The van der Waals surface area contributed by atoms with Crippen LogP contribution < -0.4 is 4.72 Å². The maximum Gasteiger partial charge on any atom is 0.417 e. The van der Waals surface area contributed by atoms with Gasteiger partial charge >= 0.3 is 6.09 Å². The number of amides is 1. The zero-order valence-corrected chi connectivity index (χ0v) is 14.8. The fraction of sp³-hybridized carbons (Fsp3) is 0.538. The number of hydrogen-bond donors (Lipinski definition) is 1. The number of carbonyl (C=O) groups excluding carboxylic acids is 1.